The van der Waals surface area contributed by atoms with Gasteiger partial charge in [-0.05, 0) is 62.7 Å². The van der Waals surface area contributed by atoms with Crippen molar-refractivity contribution < 1.29 is 13.9 Å². The molecule has 4 aromatic rings. The SMILES string of the molecule is N#Cc1ccc(COc2cccc(C3CCN(Cc4nc5ccccc5n4C[C@H]4CCOC4)CC3)n2)c(F)c1. The van der Waals surface area contributed by atoms with Crippen LogP contribution < -0.4 is 4.74 Å². The Balaban J connectivity index is 1.08. The Morgan fingerprint density at radius 3 is 2.69 bits per heavy atom. The number of fused-ring (bicyclic) bond motifs is 1. The highest BCUT2D eigenvalue weighted by Crippen LogP contribution is 2.30. The van der Waals surface area contributed by atoms with Gasteiger partial charge in [-0.1, -0.05) is 24.3 Å². The second-order valence-electron chi connectivity index (χ2n) is 10.5. The quantitative estimate of drug-likeness (QED) is 0.305. The first-order chi connectivity index (χ1) is 19.2. The van der Waals surface area contributed by atoms with Gasteiger partial charge in [-0.3, -0.25) is 4.90 Å². The first-order valence-electron chi connectivity index (χ1n) is 13.7. The molecule has 0 unspecified atom stereocenters. The summed E-state index contributed by atoms with van der Waals surface area (Å²) < 4.78 is 28.1. The molecule has 0 radical (unpaired) electrons. The third kappa shape index (κ3) is 5.80. The number of piperidine rings is 1. The number of hydrogen-bond donors (Lipinski definition) is 0. The predicted molar refractivity (Wildman–Crippen MR) is 146 cm³/mol. The first kappa shape index (κ1) is 25.5. The molecule has 6 rings (SSSR count). The van der Waals surface area contributed by atoms with Crippen molar-refractivity contribution in [2.24, 2.45) is 5.92 Å². The molecule has 2 aromatic heterocycles. The summed E-state index contributed by atoms with van der Waals surface area (Å²) in [6.07, 6.45) is 3.13. The van der Waals surface area contributed by atoms with E-state index in [1.807, 2.05) is 12.1 Å². The molecule has 0 N–H and O–H groups in total. The molecule has 0 bridgehead atoms. The number of para-hydroxylation sites is 2. The largest absolute Gasteiger partial charge is 0.473 e. The zero-order chi connectivity index (χ0) is 26.6. The lowest BCUT2D eigenvalue weighted by Gasteiger charge is -2.31. The van der Waals surface area contributed by atoms with E-state index >= 15 is 0 Å². The molecule has 39 heavy (non-hydrogen) atoms. The van der Waals surface area contributed by atoms with Crippen LogP contribution in [0.3, 0.4) is 0 Å². The lowest BCUT2D eigenvalue weighted by Crippen LogP contribution is -2.33. The third-order valence-corrected chi connectivity index (χ3v) is 7.87. The zero-order valence-corrected chi connectivity index (χ0v) is 21.9. The third-order valence-electron chi connectivity index (χ3n) is 7.87. The fraction of sp³-hybridized carbons (Fsp3) is 0.387. The van der Waals surface area contributed by atoms with Crippen LogP contribution >= 0.6 is 0 Å². The normalized spacial score (nSPS) is 18.4. The van der Waals surface area contributed by atoms with Crippen LogP contribution in [0.4, 0.5) is 4.39 Å². The second-order valence-corrected chi connectivity index (χ2v) is 10.5. The molecule has 2 aliphatic rings. The summed E-state index contributed by atoms with van der Waals surface area (Å²) in [5.74, 6) is 2.07. The van der Waals surface area contributed by atoms with Gasteiger partial charge in [0, 0.05) is 42.3 Å². The zero-order valence-electron chi connectivity index (χ0n) is 21.9. The highest BCUT2D eigenvalue weighted by atomic mass is 19.1. The molecule has 0 spiro atoms. The smallest absolute Gasteiger partial charge is 0.213 e. The van der Waals surface area contributed by atoms with Crippen molar-refractivity contribution in [2.75, 3.05) is 26.3 Å². The number of benzene rings is 2. The molecule has 0 saturated carbocycles. The molecular formula is C31H32FN5O2. The first-order valence-corrected chi connectivity index (χ1v) is 13.7. The summed E-state index contributed by atoms with van der Waals surface area (Å²) in [6, 6.07) is 20.6. The molecule has 0 amide bonds. The maximum absolute atomic E-state index is 14.2. The molecule has 2 aliphatic heterocycles. The van der Waals surface area contributed by atoms with Gasteiger partial charge in [0.15, 0.2) is 0 Å². The topological polar surface area (TPSA) is 76.2 Å². The Hall–Kier alpha value is -3.80. The standard InChI is InChI=1S/C31H32FN5O2/c32-26-16-22(17-33)8-9-25(26)21-39-31-7-3-5-27(35-31)24-10-13-36(14-11-24)19-30-34-28-4-1-2-6-29(28)37(30)18-23-12-15-38-20-23/h1-9,16,23-24H,10-15,18-21H2/t23-/m1/s1. The summed E-state index contributed by atoms with van der Waals surface area (Å²) in [4.78, 5) is 12.2. The molecule has 2 saturated heterocycles. The Morgan fingerprint density at radius 1 is 1.03 bits per heavy atom. The highest BCUT2D eigenvalue weighted by Gasteiger charge is 2.25. The number of nitriles is 1. The van der Waals surface area contributed by atoms with Gasteiger partial charge in [-0.25, -0.2) is 14.4 Å². The van der Waals surface area contributed by atoms with Crippen LogP contribution in [0.25, 0.3) is 11.0 Å². The van der Waals surface area contributed by atoms with Crippen LogP contribution in [0, 0.1) is 23.1 Å². The Morgan fingerprint density at radius 2 is 1.90 bits per heavy atom. The number of ether oxygens (including phenoxy) is 2. The van der Waals surface area contributed by atoms with Crippen LogP contribution in [0.2, 0.25) is 0 Å². The van der Waals surface area contributed by atoms with Crippen molar-refractivity contribution in [3.05, 3.63) is 89.1 Å². The van der Waals surface area contributed by atoms with E-state index in [-0.39, 0.29) is 6.61 Å². The van der Waals surface area contributed by atoms with Crippen molar-refractivity contribution in [1.29, 1.82) is 5.26 Å². The van der Waals surface area contributed by atoms with E-state index < -0.39 is 5.82 Å². The lowest BCUT2D eigenvalue weighted by molar-refractivity contribution is 0.180. The summed E-state index contributed by atoms with van der Waals surface area (Å²) in [5.41, 5.74) is 3.98. The van der Waals surface area contributed by atoms with E-state index in [1.165, 1.54) is 11.6 Å². The number of hydrogen-bond acceptors (Lipinski definition) is 6. The monoisotopic (exact) mass is 525 g/mol. The molecule has 0 aliphatic carbocycles. The minimum atomic E-state index is -0.442. The number of nitrogens with zero attached hydrogens (tertiary/aromatic N) is 5. The van der Waals surface area contributed by atoms with Gasteiger partial charge >= 0.3 is 0 Å². The molecule has 2 fully saturated rings. The van der Waals surface area contributed by atoms with Crippen LogP contribution in [0.5, 0.6) is 5.88 Å². The van der Waals surface area contributed by atoms with E-state index in [0.29, 0.717) is 28.8 Å². The number of likely N-dealkylation sites (tertiary alicyclic amines) is 1. The average molecular weight is 526 g/mol. The summed E-state index contributed by atoms with van der Waals surface area (Å²) >= 11 is 0. The second kappa shape index (κ2) is 11.5. The fourth-order valence-electron chi connectivity index (χ4n) is 5.65. The van der Waals surface area contributed by atoms with Gasteiger partial charge in [-0.2, -0.15) is 5.26 Å². The Bertz CT molecular complexity index is 1480. The van der Waals surface area contributed by atoms with E-state index in [1.54, 1.807) is 18.2 Å². The van der Waals surface area contributed by atoms with Crippen LogP contribution in [-0.4, -0.2) is 45.7 Å². The number of imidazole rings is 1. The predicted octanol–water partition coefficient (Wildman–Crippen LogP) is 5.44. The maximum atomic E-state index is 14.2. The van der Waals surface area contributed by atoms with Crippen molar-refractivity contribution in [2.45, 2.75) is 44.9 Å². The lowest BCUT2D eigenvalue weighted by atomic mass is 9.93. The summed E-state index contributed by atoms with van der Waals surface area (Å²) in [6.45, 7) is 5.49. The molecule has 200 valence electrons. The number of aromatic nitrogens is 3. The minimum Gasteiger partial charge on any atom is -0.473 e. The van der Waals surface area contributed by atoms with Crippen molar-refractivity contribution in [1.82, 2.24) is 19.4 Å². The van der Waals surface area contributed by atoms with Gasteiger partial charge < -0.3 is 14.0 Å². The van der Waals surface area contributed by atoms with Gasteiger partial charge in [0.2, 0.25) is 5.88 Å². The fourth-order valence-corrected chi connectivity index (χ4v) is 5.65. The van der Waals surface area contributed by atoms with Crippen molar-refractivity contribution in [3.63, 3.8) is 0 Å². The molecule has 7 nitrogen and oxygen atoms in total. The minimum absolute atomic E-state index is 0.0699. The van der Waals surface area contributed by atoms with Crippen LogP contribution in [-0.2, 0) is 24.4 Å². The van der Waals surface area contributed by atoms with Crippen LogP contribution in [0.15, 0.2) is 60.7 Å². The Labute approximate surface area is 227 Å². The number of pyridine rings is 1. The number of halogens is 1. The molecule has 1 atom stereocenters. The molecule has 8 heteroatoms. The summed E-state index contributed by atoms with van der Waals surface area (Å²) in [7, 11) is 0. The molecular weight excluding hydrogens is 493 g/mol. The molecule has 4 heterocycles. The van der Waals surface area contributed by atoms with E-state index in [4.69, 9.17) is 24.7 Å². The van der Waals surface area contributed by atoms with E-state index in [0.717, 1.165) is 75.7 Å². The van der Waals surface area contributed by atoms with Gasteiger partial charge in [-0.15, -0.1) is 0 Å². The van der Waals surface area contributed by atoms with Crippen molar-refractivity contribution >= 4 is 11.0 Å². The van der Waals surface area contributed by atoms with Crippen LogP contribution in [0.1, 0.15) is 47.8 Å². The average Bonchev–Trinajstić information content (AvgIpc) is 3.61. The van der Waals surface area contributed by atoms with E-state index in [2.05, 4.69) is 39.8 Å². The van der Waals surface area contributed by atoms with Gasteiger partial charge in [0.1, 0.15) is 18.2 Å². The highest BCUT2D eigenvalue weighted by molar-refractivity contribution is 5.75. The van der Waals surface area contributed by atoms with Gasteiger partial charge in [0.05, 0.1) is 35.8 Å². The van der Waals surface area contributed by atoms with Gasteiger partial charge in [0.25, 0.3) is 0 Å². The number of rotatable bonds is 8. The summed E-state index contributed by atoms with van der Waals surface area (Å²) in [5, 5.41) is 8.93. The maximum Gasteiger partial charge on any atom is 0.213 e. The Kier molecular flexibility index (Phi) is 7.53. The van der Waals surface area contributed by atoms with Crippen molar-refractivity contribution in [3.8, 4) is 11.9 Å². The van der Waals surface area contributed by atoms with E-state index in [9.17, 15) is 4.39 Å². The molecule has 2 aromatic carbocycles.